The van der Waals surface area contributed by atoms with Crippen molar-refractivity contribution in [1.29, 1.82) is 0 Å². The lowest BCUT2D eigenvalue weighted by Crippen LogP contribution is -2.33. The summed E-state index contributed by atoms with van der Waals surface area (Å²) in [5.74, 6) is 1.01. The van der Waals surface area contributed by atoms with Crippen LogP contribution in [0.5, 0.6) is 5.75 Å². The normalized spacial score (nSPS) is 14.4. The molecule has 0 aliphatic heterocycles. The predicted octanol–water partition coefficient (Wildman–Crippen LogP) is 1.83. The molecule has 25 heavy (non-hydrogen) atoms. The second-order valence-corrected chi connectivity index (χ2v) is 6.23. The van der Waals surface area contributed by atoms with Gasteiger partial charge in [-0.1, -0.05) is 25.0 Å². The zero-order valence-electron chi connectivity index (χ0n) is 14.2. The summed E-state index contributed by atoms with van der Waals surface area (Å²) >= 11 is 0. The molecule has 0 saturated heterocycles. The number of benzene rings is 1. The Labute approximate surface area is 145 Å². The van der Waals surface area contributed by atoms with Crippen LogP contribution in [0, 0.1) is 0 Å². The summed E-state index contributed by atoms with van der Waals surface area (Å²) in [6.07, 6.45) is 4.94. The van der Waals surface area contributed by atoms with E-state index in [4.69, 9.17) is 4.74 Å². The zero-order valence-corrected chi connectivity index (χ0v) is 14.2. The number of methoxy groups -OCH3 is 1. The topological polar surface area (TPSA) is 97.0 Å². The molecule has 0 unspecified atom stereocenters. The molecule has 3 rings (SSSR count). The van der Waals surface area contributed by atoms with Gasteiger partial charge in [0, 0.05) is 24.4 Å². The van der Waals surface area contributed by atoms with Crippen LogP contribution in [0.25, 0.3) is 11.4 Å². The Bertz CT molecular complexity index is 797. The van der Waals surface area contributed by atoms with Crippen LogP contribution in [0.1, 0.15) is 37.8 Å². The third-order valence-electron chi connectivity index (χ3n) is 4.42. The molecule has 7 nitrogen and oxygen atoms in total. The van der Waals surface area contributed by atoms with E-state index in [0.717, 1.165) is 18.4 Å². The van der Waals surface area contributed by atoms with Crippen molar-refractivity contribution in [1.82, 2.24) is 20.5 Å². The van der Waals surface area contributed by atoms with Gasteiger partial charge in [0.15, 0.2) is 5.82 Å². The van der Waals surface area contributed by atoms with Gasteiger partial charge in [-0.3, -0.25) is 9.59 Å². The molecule has 1 saturated carbocycles. The number of aromatic amines is 1. The average molecular weight is 342 g/mol. The van der Waals surface area contributed by atoms with Gasteiger partial charge < -0.3 is 15.0 Å². The van der Waals surface area contributed by atoms with Gasteiger partial charge in [-0.2, -0.15) is 0 Å². The summed E-state index contributed by atoms with van der Waals surface area (Å²) < 4.78 is 5.17. The van der Waals surface area contributed by atoms with Crippen molar-refractivity contribution in [2.75, 3.05) is 7.11 Å². The third kappa shape index (κ3) is 4.43. The number of aromatic nitrogens is 3. The number of aryl methyl sites for hydroxylation is 1. The van der Waals surface area contributed by atoms with Gasteiger partial charge in [0.2, 0.25) is 5.91 Å². The Morgan fingerprint density at radius 2 is 2.12 bits per heavy atom. The molecule has 1 aromatic heterocycles. The van der Waals surface area contributed by atoms with E-state index in [9.17, 15) is 9.59 Å². The van der Waals surface area contributed by atoms with Gasteiger partial charge in [0.1, 0.15) is 11.4 Å². The molecule has 1 fully saturated rings. The SMILES string of the molecule is COc1cccc(-c2nnc(CCC(=O)NC3CCCC3)c(=O)[nH]2)c1. The lowest BCUT2D eigenvalue weighted by Gasteiger charge is -2.11. The number of nitrogens with one attached hydrogen (secondary N) is 2. The number of amides is 1. The van der Waals surface area contributed by atoms with Crippen LogP contribution >= 0.6 is 0 Å². The summed E-state index contributed by atoms with van der Waals surface area (Å²) in [6, 6.07) is 7.50. The molecule has 0 radical (unpaired) electrons. The number of hydrogen-bond donors (Lipinski definition) is 2. The highest BCUT2D eigenvalue weighted by atomic mass is 16.5. The summed E-state index contributed by atoms with van der Waals surface area (Å²) in [7, 11) is 1.58. The van der Waals surface area contributed by atoms with Crippen molar-refractivity contribution in [2.24, 2.45) is 0 Å². The van der Waals surface area contributed by atoms with Crippen LogP contribution < -0.4 is 15.6 Å². The third-order valence-corrected chi connectivity index (χ3v) is 4.42. The fraction of sp³-hybridized carbons (Fsp3) is 0.444. The molecule has 7 heteroatoms. The molecule has 1 aliphatic carbocycles. The van der Waals surface area contributed by atoms with E-state index in [-0.39, 0.29) is 36.0 Å². The summed E-state index contributed by atoms with van der Waals surface area (Å²) in [4.78, 5) is 26.9. The molecule has 0 bridgehead atoms. The van der Waals surface area contributed by atoms with E-state index < -0.39 is 0 Å². The first-order valence-corrected chi connectivity index (χ1v) is 8.55. The van der Waals surface area contributed by atoms with Crippen LogP contribution in [0.15, 0.2) is 29.1 Å². The van der Waals surface area contributed by atoms with Crippen molar-refractivity contribution in [2.45, 2.75) is 44.6 Å². The average Bonchev–Trinajstić information content (AvgIpc) is 3.13. The fourth-order valence-electron chi connectivity index (χ4n) is 3.03. The lowest BCUT2D eigenvalue weighted by atomic mass is 10.2. The monoisotopic (exact) mass is 342 g/mol. The first-order valence-electron chi connectivity index (χ1n) is 8.55. The second-order valence-electron chi connectivity index (χ2n) is 6.23. The van der Waals surface area contributed by atoms with Crippen molar-refractivity contribution < 1.29 is 9.53 Å². The number of H-pyrrole nitrogens is 1. The highest BCUT2D eigenvalue weighted by Gasteiger charge is 2.17. The maximum atomic E-state index is 12.2. The lowest BCUT2D eigenvalue weighted by molar-refractivity contribution is -0.121. The largest absolute Gasteiger partial charge is 0.497 e. The van der Waals surface area contributed by atoms with Gasteiger partial charge in [0.25, 0.3) is 5.56 Å². The van der Waals surface area contributed by atoms with Crippen molar-refractivity contribution >= 4 is 5.91 Å². The van der Waals surface area contributed by atoms with E-state index in [1.807, 2.05) is 18.2 Å². The molecular weight excluding hydrogens is 320 g/mol. The van der Waals surface area contributed by atoms with Crippen LogP contribution in [-0.2, 0) is 11.2 Å². The molecule has 1 aromatic carbocycles. The summed E-state index contributed by atoms with van der Waals surface area (Å²) in [6.45, 7) is 0. The van der Waals surface area contributed by atoms with Crippen molar-refractivity contribution in [3.05, 3.63) is 40.3 Å². The molecule has 2 aromatic rings. The van der Waals surface area contributed by atoms with E-state index in [1.54, 1.807) is 13.2 Å². The second kappa shape index (κ2) is 7.92. The standard InChI is InChI=1S/C18H22N4O3/c1-25-14-8-4-5-12(11-14)17-20-18(24)15(21-22-17)9-10-16(23)19-13-6-2-3-7-13/h4-5,8,11,13H,2-3,6-7,9-10H2,1H3,(H,19,23)(H,20,22,24). The van der Waals surface area contributed by atoms with Gasteiger partial charge in [-0.25, -0.2) is 0 Å². The number of rotatable bonds is 6. The molecule has 132 valence electrons. The molecule has 0 atom stereocenters. The van der Waals surface area contributed by atoms with Gasteiger partial charge in [-0.05, 0) is 25.0 Å². The summed E-state index contributed by atoms with van der Waals surface area (Å²) in [5, 5.41) is 11.1. The van der Waals surface area contributed by atoms with E-state index in [0.29, 0.717) is 11.6 Å². The highest BCUT2D eigenvalue weighted by molar-refractivity contribution is 5.76. The van der Waals surface area contributed by atoms with E-state index in [1.165, 1.54) is 12.8 Å². The highest BCUT2D eigenvalue weighted by Crippen LogP contribution is 2.19. The van der Waals surface area contributed by atoms with Crippen molar-refractivity contribution in [3.8, 4) is 17.1 Å². The molecule has 1 amide bonds. The Hall–Kier alpha value is -2.70. The first-order chi connectivity index (χ1) is 12.2. The number of carbonyl (C=O) groups is 1. The van der Waals surface area contributed by atoms with E-state index in [2.05, 4.69) is 20.5 Å². The van der Waals surface area contributed by atoms with Crippen LogP contribution in [-0.4, -0.2) is 34.2 Å². The van der Waals surface area contributed by atoms with Gasteiger partial charge in [0.05, 0.1) is 7.11 Å². The predicted molar refractivity (Wildman–Crippen MR) is 93.4 cm³/mol. The molecule has 1 heterocycles. The first kappa shape index (κ1) is 17.1. The fourth-order valence-corrected chi connectivity index (χ4v) is 3.03. The van der Waals surface area contributed by atoms with Crippen LogP contribution in [0.3, 0.4) is 0 Å². The molecular formula is C18H22N4O3. The Kier molecular flexibility index (Phi) is 5.42. The van der Waals surface area contributed by atoms with Gasteiger partial charge in [-0.15, -0.1) is 10.2 Å². The number of nitrogens with zero attached hydrogens (tertiary/aromatic N) is 2. The minimum atomic E-state index is -0.318. The maximum absolute atomic E-state index is 12.2. The number of hydrogen-bond acceptors (Lipinski definition) is 5. The molecule has 1 aliphatic rings. The zero-order chi connectivity index (χ0) is 17.6. The minimum absolute atomic E-state index is 0.0371. The van der Waals surface area contributed by atoms with Gasteiger partial charge >= 0.3 is 0 Å². The van der Waals surface area contributed by atoms with Crippen LogP contribution in [0.2, 0.25) is 0 Å². The minimum Gasteiger partial charge on any atom is -0.497 e. The quantitative estimate of drug-likeness (QED) is 0.835. The smallest absolute Gasteiger partial charge is 0.273 e. The Morgan fingerprint density at radius 3 is 2.84 bits per heavy atom. The maximum Gasteiger partial charge on any atom is 0.273 e. The Balaban J connectivity index is 1.63. The van der Waals surface area contributed by atoms with E-state index >= 15 is 0 Å². The Morgan fingerprint density at radius 1 is 1.32 bits per heavy atom. The molecule has 0 spiro atoms. The summed E-state index contributed by atoms with van der Waals surface area (Å²) in [5.41, 5.74) is 0.671. The van der Waals surface area contributed by atoms with Crippen LogP contribution in [0.4, 0.5) is 0 Å². The number of carbonyl (C=O) groups excluding carboxylic acids is 1. The molecule has 2 N–H and O–H groups in total. The van der Waals surface area contributed by atoms with Crippen molar-refractivity contribution in [3.63, 3.8) is 0 Å². The number of ether oxygens (including phenoxy) is 1.